The summed E-state index contributed by atoms with van der Waals surface area (Å²) in [5.74, 6) is -0.396. The number of aryl methyl sites for hydroxylation is 2. The van der Waals surface area contributed by atoms with Crippen molar-refractivity contribution in [3.63, 3.8) is 0 Å². The molecule has 0 aliphatic heterocycles. The molecule has 9 aromatic rings. The van der Waals surface area contributed by atoms with Gasteiger partial charge in [0, 0.05) is 37.9 Å². The van der Waals surface area contributed by atoms with Crippen molar-refractivity contribution in [2.24, 2.45) is 0 Å². The Morgan fingerprint density at radius 1 is 0.507 bits per heavy atom. The Bertz CT molecular complexity index is 3590. The summed E-state index contributed by atoms with van der Waals surface area (Å²) in [7, 11) is 0. The van der Waals surface area contributed by atoms with Gasteiger partial charge in [0.2, 0.25) is 0 Å². The number of nitrogens with zero attached hydrogens (tertiary/aromatic N) is 1. The molecule has 0 fully saturated rings. The average molecular weight is 1050 g/mol. The maximum atomic E-state index is 14.8. The van der Waals surface area contributed by atoms with E-state index >= 15 is 0 Å². The van der Waals surface area contributed by atoms with E-state index in [1.54, 1.807) is 12.1 Å². The lowest BCUT2D eigenvalue weighted by molar-refractivity contribution is -0.144. The van der Waals surface area contributed by atoms with E-state index < -0.39 is 103 Å². The Hall–Kier alpha value is -7.63. The van der Waals surface area contributed by atoms with Gasteiger partial charge >= 0.3 is 30.7 Å². The molecule has 0 spiro atoms. The molecule has 0 amide bonds. The van der Waals surface area contributed by atoms with Crippen LogP contribution in [0.5, 0.6) is 5.75 Å². The minimum Gasteiger partial charge on any atom is -0.455 e. The standard InChI is InChI=1S/C51H29F12NO5.3C2H6/c1-23-12-34(13-24(2)25(23)3)68-41(65)14-26-8-10-33(11-9-26)64-46(66)38-21-36(27-15-29(48(52,53)54)19-30(16-27)49(55,56)57)42-35-6-4-5-7-40(35)69-45-37(22-39(47(64)67)43(38)44(42)45)28-17-31(50(58,59)60)20-32(18-28)51(61,62)63;3*1-2/h4-13,15-22H,14H2,1-3H3;3*1-2H3. The van der Waals surface area contributed by atoms with E-state index in [-0.39, 0.29) is 57.1 Å². The highest BCUT2D eigenvalue weighted by Crippen LogP contribution is 2.49. The molecule has 394 valence electrons. The molecule has 6 nitrogen and oxygen atoms in total. The fraction of sp³-hybridized carbons (Fsp3) is 0.246. The first-order valence-corrected chi connectivity index (χ1v) is 23.5. The van der Waals surface area contributed by atoms with Gasteiger partial charge in [-0.25, -0.2) is 4.57 Å². The number of halogens is 12. The van der Waals surface area contributed by atoms with E-state index in [2.05, 4.69) is 0 Å². The van der Waals surface area contributed by atoms with Gasteiger partial charge in [0.1, 0.15) is 16.9 Å². The summed E-state index contributed by atoms with van der Waals surface area (Å²) in [6, 6.07) is 17.2. The van der Waals surface area contributed by atoms with Crippen LogP contribution in [-0.2, 0) is 35.9 Å². The van der Waals surface area contributed by atoms with Crippen molar-refractivity contribution in [3.05, 3.63) is 174 Å². The molecule has 2 aromatic heterocycles. The third-order valence-corrected chi connectivity index (χ3v) is 12.1. The number of para-hydroxylation sites is 1. The Labute approximate surface area is 421 Å². The molecular weight excluding hydrogens is 1010 g/mol. The number of benzene rings is 7. The number of hydrogen-bond donors (Lipinski definition) is 0. The molecule has 0 saturated heterocycles. The van der Waals surface area contributed by atoms with Gasteiger partial charge in [-0.3, -0.25) is 14.4 Å². The lowest BCUT2D eigenvalue weighted by atomic mass is 9.86. The first-order valence-electron chi connectivity index (χ1n) is 23.5. The van der Waals surface area contributed by atoms with E-state index in [4.69, 9.17) is 9.15 Å². The highest BCUT2D eigenvalue weighted by atomic mass is 19.4. The molecule has 0 radical (unpaired) electrons. The molecule has 9 rings (SSSR count). The number of hydrogen-bond acceptors (Lipinski definition) is 5. The lowest BCUT2D eigenvalue weighted by Gasteiger charge is -2.21. The number of ether oxygens (including phenoxy) is 1. The highest BCUT2D eigenvalue weighted by Gasteiger charge is 2.39. The van der Waals surface area contributed by atoms with Crippen LogP contribution in [0, 0.1) is 20.8 Å². The van der Waals surface area contributed by atoms with Gasteiger partial charge < -0.3 is 9.15 Å². The predicted molar refractivity (Wildman–Crippen MR) is 267 cm³/mol. The second-order valence-electron chi connectivity index (χ2n) is 16.5. The summed E-state index contributed by atoms with van der Waals surface area (Å²) in [6.45, 7) is 17.6. The van der Waals surface area contributed by atoms with Crippen LogP contribution in [0.3, 0.4) is 0 Å². The molecule has 0 saturated carbocycles. The van der Waals surface area contributed by atoms with Gasteiger partial charge in [0.15, 0.2) is 0 Å². The zero-order valence-corrected chi connectivity index (χ0v) is 41.6. The summed E-state index contributed by atoms with van der Waals surface area (Å²) in [5, 5.41) is -1.96. The van der Waals surface area contributed by atoms with Crippen molar-refractivity contribution in [2.45, 2.75) is 93.4 Å². The van der Waals surface area contributed by atoms with Gasteiger partial charge in [0.25, 0.3) is 11.1 Å². The number of aromatic nitrogens is 1. The second-order valence-corrected chi connectivity index (χ2v) is 16.5. The summed E-state index contributed by atoms with van der Waals surface area (Å²) < 4.78 is 185. The van der Waals surface area contributed by atoms with Gasteiger partial charge in [0.05, 0.1) is 34.4 Å². The molecule has 0 atom stereocenters. The molecule has 0 aliphatic carbocycles. The molecule has 2 heterocycles. The van der Waals surface area contributed by atoms with E-state index in [1.165, 1.54) is 48.5 Å². The highest BCUT2D eigenvalue weighted by molar-refractivity contribution is 6.32. The quantitative estimate of drug-likeness (QED) is 0.0545. The molecule has 18 heteroatoms. The second kappa shape index (κ2) is 21.3. The van der Waals surface area contributed by atoms with Gasteiger partial charge in [-0.2, -0.15) is 52.7 Å². The minimum absolute atomic E-state index is 0.0234. The van der Waals surface area contributed by atoms with Gasteiger partial charge in [-0.1, -0.05) is 71.9 Å². The Balaban J connectivity index is 0.00000147. The third kappa shape index (κ3) is 11.1. The van der Waals surface area contributed by atoms with E-state index in [0.29, 0.717) is 34.4 Å². The largest absolute Gasteiger partial charge is 0.455 e. The average Bonchev–Trinajstić information content (AvgIpc) is 3.36. The Morgan fingerprint density at radius 3 is 1.39 bits per heavy atom. The van der Waals surface area contributed by atoms with Crippen LogP contribution in [0.25, 0.3) is 71.4 Å². The number of esters is 1. The van der Waals surface area contributed by atoms with Crippen LogP contribution < -0.4 is 15.9 Å². The SMILES string of the molecule is CC.CC.CC.Cc1cc(OC(=O)Cc2ccc(-n3c(=O)c4cc(-c5cc(C(F)(F)F)cc(C(F)(F)F)c5)c5oc6ccccc6c6c(-c7cc(C(F)(F)F)cc(C(F)(F)F)c7)cc(c3=O)c4c56)cc2)cc(C)c1C. The van der Waals surface area contributed by atoms with Crippen molar-refractivity contribution < 1.29 is 66.6 Å². The fourth-order valence-corrected chi connectivity index (χ4v) is 8.58. The topological polar surface area (TPSA) is 78.5 Å². The van der Waals surface area contributed by atoms with E-state index in [9.17, 15) is 67.1 Å². The maximum absolute atomic E-state index is 14.8. The normalized spacial score (nSPS) is 12.0. The van der Waals surface area contributed by atoms with Crippen LogP contribution >= 0.6 is 0 Å². The van der Waals surface area contributed by atoms with Crippen LogP contribution in [0.2, 0.25) is 0 Å². The van der Waals surface area contributed by atoms with Crippen molar-refractivity contribution in [3.8, 4) is 33.7 Å². The van der Waals surface area contributed by atoms with Crippen LogP contribution in [0.4, 0.5) is 52.7 Å². The van der Waals surface area contributed by atoms with E-state index in [0.717, 1.165) is 28.8 Å². The summed E-state index contributed by atoms with van der Waals surface area (Å²) in [5.41, 5.74) is -9.80. The van der Waals surface area contributed by atoms with Crippen molar-refractivity contribution >= 4 is 49.5 Å². The van der Waals surface area contributed by atoms with Crippen molar-refractivity contribution in [2.75, 3.05) is 0 Å². The van der Waals surface area contributed by atoms with E-state index in [1.807, 2.05) is 62.3 Å². The smallest absolute Gasteiger partial charge is 0.416 e. The molecule has 0 unspecified atom stereocenters. The van der Waals surface area contributed by atoms with Gasteiger partial charge in [-0.15, -0.1) is 0 Å². The van der Waals surface area contributed by atoms with Crippen molar-refractivity contribution in [1.82, 2.24) is 4.57 Å². The first kappa shape index (κ1) is 56.7. The molecule has 0 bridgehead atoms. The summed E-state index contributed by atoms with van der Waals surface area (Å²) in [6.07, 6.45) is -21.7. The number of carbonyl (C=O) groups excluding carboxylic acids is 1. The number of rotatable bonds is 6. The maximum Gasteiger partial charge on any atom is 0.416 e. The summed E-state index contributed by atoms with van der Waals surface area (Å²) in [4.78, 5) is 42.6. The molecule has 0 aliphatic rings. The van der Waals surface area contributed by atoms with Crippen molar-refractivity contribution in [1.29, 1.82) is 0 Å². The number of carbonyl (C=O) groups is 1. The summed E-state index contributed by atoms with van der Waals surface area (Å²) >= 11 is 0. The number of fused-ring (bicyclic) bond motifs is 2. The molecular formula is C57H47F12NO5. The monoisotopic (exact) mass is 1050 g/mol. The zero-order chi connectivity index (χ0) is 55.9. The molecule has 0 N–H and O–H groups in total. The fourth-order valence-electron chi connectivity index (χ4n) is 8.58. The Kier molecular flexibility index (Phi) is 16.1. The zero-order valence-electron chi connectivity index (χ0n) is 41.6. The first-order chi connectivity index (χ1) is 35.2. The number of alkyl halides is 12. The number of pyridine rings is 1. The lowest BCUT2D eigenvalue weighted by Crippen LogP contribution is -2.32. The molecule has 7 aromatic carbocycles. The van der Waals surface area contributed by atoms with Gasteiger partial charge in [-0.05, 0) is 139 Å². The minimum atomic E-state index is -5.36. The molecule has 75 heavy (non-hydrogen) atoms. The third-order valence-electron chi connectivity index (χ3n) is 12.1. The Morgan fingerprint density at radius 2 is 0.933 bits per heavy atom. The van der Waals surface area contributed by atoms with Crippen LogP contribution in [-0.4, -0.2) is 10.5 Å². The van der Waals surface area contributed by atoms with Crippen LogP contribution in [0.15, 0.2) is 123 Å². The predicted octanol–water partition coefficient (Wildman–Crippen LogP) is 17.4. The van der Waals surface area contributed by atoms with Crippen LogP contribution in [0.1, 0.15) is 86.1 Å².